The van der Waals surface area contributed by atoms with Gasteiger partial charge in [0.15, 0.2) is 0 Å². The minimum absolute atomic E-state index is 0.0341. The molecule has 3 unspecified atom stereocenters. The molecule has 5 nitrogen and oxygen atoms in total. The van der Waals surface area contributed by atoms with Crippen molar-refractivity contribution in [3.63, 3.8) is 0 Å². The summed E-state index contributed by atoms with van der Waals surface area (Å²) in [7, 11) is 2.06. The van der Waals surface area contributed by atoms with Gasteiger partial charge in [-0.2, -0.15) is 0 Å². The molecule has 0 aromatic heterocycles. The Morgan fingerprint density at radius 3 is 2.93 bits per heavy atom. The van der Waals surface area contributed by atoms with E-state index in [-0.39, 0.29) is 24.1 Å². The van der Waals surface area contributed by atoms with Crippen molar-refractivity contribution in [3.05, 3.63) is 0 Å². The molecule has 86 valence electrons. The van der Waals surface area contributed by atoms with Crippen molar-refractivity contribution in [2.45, 2.75) is 31.0 Å². The minimum Gasteiger partial charge on any atom is -0.392 e. The van der Waals surface area contributed by atoms with Crippen LogP contribution in [0.25, 0.3) is 0 Å². The third kappa shape index (κ3) is 2.68. The molecule has 2 aliphatic rings. The fourth-order valence-corrected chi connectivity index (χ4v) is 2.27. The highest BCUT2D eigenvalue weighted by atomic mass is 16.3. The molecule has 3 N–H and O–H groups in total. The van der Waals surface area contributed by atoms with Gasteiger partial charge in [-0.25, -0.2) is 0 Å². The fourth-order valence-electron chi connectivity index (χ4n) is 2.27. The van der Waals surface area contributed by atoms with Gasteiger partial charge in [0.2, 0.25) is 5.91 Å². The van der Waals surface area contributed by atoms with Crippen LogP contribution < -0.4 is 10.6 Å². The molecule has 2 heterocycles. The Morgan fingerprint density at radius 1 is 1.60 bits per heavy atom. The van der Waals surface area contributed by atoms with Crippen LogP contribution in [0.2, 0.25) is 0 Å². The van der Waals surface area contributed by atoms with E-state index in [1.807, 2.05) is 0 Å². The predicted octanol–water partition coefficient (Wildman–Crippen LogP) is -1.47. The van der Waals surface area contributed by atoms with Gasteiger partial charge in [0.05, 0.1) is 12.1 Å². The SMILES string of the molecule is CN1CCC(NC(=O)C2CC(O)CN2)C1. The highest BCUT2D eigenvalue weighted by Gasteiger charge is 2.30. The molecule has 0 aromatic carbocycles. The van der Waals surface area contributed by atoms with Crippen LogP contribution in [0.1, 0.15) is 12.8 Å². The molecular weight excluding hydrogens is 194 g/mol. The Balaban J connectivity index is 1.77. The van der Waals surface area contributed by atoms with Crippen LogP contribution in [0, 0.1) is 0 Å². The number of likely N-dealkylation sites (tertiary alicyclic amines) is 1. The Labute approximate surface area is 89.8 Å². The van der Waals surface area contributed by atoms with Crippen molar-refractivity contribution in [3.8, 4) is 0 Å². The summed E-state index contributed by atoms with van der Waals surface area (Å²) in [6, 6.07) is 0.0768. The number of nitrogens with one attached hydrogen (secondary N) is 2. The van der Waals surface area contributed by atoms with Gasteiger partial charge in [-0.15, -0.1) is 0 Å². The molecule has 3 atom stereocenters. The average Bonchev–Trinajstić information content (AvgIpc) is 2.75. The highest BCUT2D eigenvalue weighted by molar-refractivity contribution is 5.82. The fraction of sp³-hybridized carbons (Fsp3) is 0.900. The molecule has 2 rings (SSSR count). The lowest BCUT2D eigenvalue weighted by molar-refractivity contribution is -0.123. The largest absolute Gasteiger partial charge is 0.392 e. The van der Waals surface area contributed by atoms with Crippen LogP contribution in [0.4, 0.5) is 0 Å². The number of carbonyl (C=O) groups excluding carboxylic acids is 1. The molecule has 0 radical (unpaired) electrons. The zero-order valence-electron chi connectivity index (χ0n) is 9.07. The van der Waals surface area contributed by atoms with Crippen molar-refractivity contribution < 1.29 is 9.90 Å². The van der Waals surface area contributed by atoms with Gasteiger partial charge in [-0.3, -0.25) is 4.79 Å². The normalized spacial score (nSPS) is 37.1. The van der Waals surface area contributed by atoms with E-state index >= 15 is 0 Å². The molecule has 5 heteroatoms. The number of carbonyl (C=O) groups is 1. The van der Waals surface area contributed by atoms with Crippen LogP contribution in [0.3, 0.4) is 0 Å². The van der Waals surface area contributed by atoms with E-state index in [1.165, 1.54) is 0 Å². The van der Waals surface area contributed by atoms with Crippen LogP contribution in [-0.2, 0) is 4.79 Å². The Morgan fingerprint density at radius 2 is 2.40 bits per heavy atom. The third-order valence-corrected chi connectivity index (χ3v) is 3.16. The van der Waals surface area contributed by atoms with Gasteiger partial charge in [0.1, 0.15) is 0 Å². The maximum Gasteiger partial charge on any atom is 0.237 e. The Hall–Kier alpha value is -0.650. The summed E-state index contributed by atoms with van der Waals surface area (Å²) in [5.41, 5.74) is 0. The van der Waals surface area contributed by atoms with Gasteiger partial charge in [-0.1, -0.05) is 0 Å². The average molecular weight is 213 g/mol. The second-order valence-corrected chi connectivity index (χ2v) is 4.61. The number of amides is 1. The molecule has 0 aliphatic carbocycles. The first-order chi connectivity index (χ1) is 7.15. The lowest BCUT2D eigenvalue weighted by Crippen LogP contribution is -2.45. The van der Waals surface area contributed by atoms with E-state index < -0.39 is 0 Å². The summed E-state index contributed by atoms with van der Waals surface area (Å²) in [5.74, 6) is 0.0341. The summed E-state index contributed by atoms with van der Waals surface area (Å²) >= 11 is 0. The number of hydrogen-bond acceptors (Lipinski definition) is 4. The summed E-state index contributed by atoms with van der Waals surface area (Å²) in [4.78, 5) is 14.0. The quantitative estimate of drug-likeness (QED) is 0.524. The second-order valence-electron chi connectivity index (χ2n) is 4.61. The van der Waals surface area contributed by atoms with Crippen molar-refractivity contribution in [2.24, 2.45) is 0 Å². The van der Waals surface area contributed by atoms with Gasteiger partial charge < -0.3 is 20.6 Å². The molecule has 2 aliphatic heterocycles. The maximum atomic E-state index is 11.8. The van der Waals surface area contributed by atoms with Crippen molar-refractivity contribution >= 4 is 5.91 Å². The number of aliphatic hydroxyl groups excluding tert-OH is 1. The van der Waals surface area contributed by atoms with Crippen LogP contribution in [0.5, 0.6) is 0 Å². The molecule has 0 bridgehead atoms. The topological polar surface area (TPSA) is 64.6 Å². The van der Waals surface area contributed by atoms with E-state index in [1.54, 1.807) is 0 Å². The molecule has 0 saturated carbocycles. The number of likely N-dealkylation sites (N-methyl/N-ethyl adjacent to an activating group) is 1. The summed E-state index contributed by atoms with van der Waals surface area (Å²) in [5, 5.41) is 15.3. The highest BCUT2D eigenvalue weighted by Crippen LogP contribution is 2.09. The zero-order chi connectivity index (χ0) is 10.8. The maximum absolute atomic E-state index is 11.8. The van der Waals surface area contributed by atoms with E-state index in [9.17, 15) is 9.90 Å². The number of β-amino-alcohol motifs (C(OH)–C–C–N with tert-alkyl or cyclic N) is 1. The summed E-state index contributed by atoms with van der Waals surface area (Å²) < 4.78 is 0. The third-order valence-electron chi connectivity index (χ3n) is 3.16. The summed E-state index contributed by atoms with van der Waals surface area (Å²) in [6.07, 6.45) is 1.19. The van der Waals surface area contributed by atoms with E-state index in [2.05, 4.69) is 22.6 Å². The molecule has 1 amide bonds. The van der Waals surface area contributed by atoms with E-state index in [0.717, 1.165) is 19.5 Å². The van der Waals surface area contributed by atoms with E-state index in [0.29, 0.717) is 13.0 Å². The lowest BCUT2D eigenvalue weighted by Gasteiger charge is -2.16. The molecular formula is C10H19N3O2. The van der Waals surface area contributed by atoms with Crippen LogP contribution in [-0.4, -0.2) is 60.8 Å². The van der Waals surface area contributed by atoms with Gasteiger partial charge in [0.25, 0.3) is 0 Å². The first-order valence-electron chi connectivity index (χ1n) is 5.55. The summed E-state index contributed by atoms with van der Waals surface area (Å²) in [6.45, 7) is 2.51. The van der Waals surface area contributed by atoms with Crippen molar-refractivity contribution in [1.82, 2.24) is 15.5 Å². The molecule has 2 fully saturated rings. The zero-order valence-corrected chi connectivity index (χ0v) is 9.07. The Bertz CT molecular complexity index is 247. The second kappa shape index (κ2) is 4.47. The number of aliphatic hydroxyl groups is 1. The number of nitrogens with zero attached hydrogens (tertiary/aromatic N) is 1. The standard InChI is InChI=1S/C10H19N3O2/c1-13-3-2-7(6-13)12-10(15)9-4-8(14)5-11-9/h7-9,11,14H,2-6H2,1H3,(H,12,15). The van der Waals surface area contributed by atoms with Crippen LogP contribution in [0.15, 0.2) is 0 Å². The van der Waals surface area contributed by atoms with E-state index in [4.69, 9.17) is 0 Å². The molecule has 2 saturated heterocycles. The molecule has 0 spiro atoms. The predicted molar refractivity (Wildman–Crippen MR) is 56.5 cm³/mol. The van der Waals surface area contributed by atoms with Crippen molar-refractivity contribution in [1.29, 1.82) is 0 Å². The first kappa shape index (κ1) is 10.9. The van der Waals surface area contributed by atoms with Crippen LogP contribution >= 0.6 is 0 Å². The molecule has 0 aromatic rings. The van der Waals surface area contributed by atoms with Crippen molar-refractivity contribution in [2.75, 3.05) is 26.7 Å². The smallest absolute Gasteiger partial charge is 0.237 e. The monoisotopic (exact) mass is 213 g/mol. The minimum atomic E-state index is -0.369. The molecule has 15 heavy (non-hydrogen) atoms. The van der Waals surface area contributed by atoms with Gasteiger partial charge >= 0.3 is 0 Å². The first-order valence-corrected chi connectivity index (χ1v) is 5.55. The van der Waals surface area contributed by atoms with Gasteiger partial charge in [-0.05, 0) is 26.4 Å². The number of rotatable bonds is 2. The lowest BCUT2D eigenvalue weighted by atomic mass is 10.1. The van der Waals surface area contributed by atoms with Gasteiger partial charge in [0, 0.05) is 19.1 Å². The number of hydrogen-bond donors (Lipinski definition) is 3. The Kier molecular flexibility index (Phi) is 3.23.